The van der Waals surface area contributed by atoms with Crippen LogP contribution in [0.25, 0.3) is 0 Å². The third kappa shape index (κ3) is 4.20. The monoisotopic (exact) mass is 419 g/mol. The summed E-state index contributed by atoms with van der Waals surface area (Å²) in [4.78, 5) is 12.1. The number of Topliss-reactive ketones (excluding diaryl/α,β-unsaturated/α-hetero) is 1. The van der Waals surface area contributed by atoms with Crippen LogP contribution < -0.4 is 5.32 Å². The molecule has 0 amide bonds. The Hall–Kier alpha value is -0.590. The summed E-state index contributed by atoms with van der Waals surface area (Å²) in [6.07, 6.45) is 1.22. The molecule has 0 fully saturated rings. The number of carbonyl (C=O) groups excluding carboxylic acids is 1. The topological polar surface area (TPSA) is 29.1 Å². The lowest BCUT2D eigenvalue weighted by molar-refractivity contribution is -0.119. The number of rotatable bonds is 6. The van der Waals surface area contributed by atoms with Gasteiger partial charge in [0.15, 0.2) is 5.78 Å². The SMILES string of the molecule is CCC(=O)[C@H](Cc1ccccc1)Nc1cc(Cl)sc1I. The standard InChI is InChI=1S/C15H15ClINOS/c1-2-13(19)11(8-10-6-4-3-5-7-10)18-12-9-14(16)20-15(12)17/h3-7,9,11,18H,2,8H2,1H3/t11-/m0/s1. The molecule has 106 valence electrons. The lowest BCUT2D eigenvalue weighted by Gasteiger charge is -2.18. The van der Waals surface area contributed by atoms with Crippen molar-refractivity contribution < 1.29 is 4.79 Å². The first-order valence-electron chi connectivity index (χ1n) is 6.38. The summed E-state index contributed by atoms with van der Waals surface area (Å²) >= 11 is 9.77. The average molecular weight is 420 g/mol. The van der Waals surface area contributed by atoms with Gasteiger partial charge in [-0.25, -0.2) is 0 Å². The predicted molar refractivity (Wildman–Crippen MR) is 94.9 cm³/mol. The maximum atomic E-state index is 12.1. The van der Waals surface area contributed by atoms with Crippen molar-refractivity contribution in [1.29, 1.82) is 0 Å². The van der Waals surface area contributed by atoms with Gasteiger partial charge in [0.1, 0.15) is 0 Å². The highest BCUT2D eigenvalue weighted by atomic mass is 127. The molecule has 0 unspecified atom stereocenters. The van der Waals surface area contributed by atoms with E-state index in [1.165, 1.54) is 11.3 Å². The Morgan fingerprint density at radius 2 is 2.10 bits per heavy atom. The van der Waals surface area contributed by atoms with Crippen molar-refractivity contribution in [3.8, 4) is 0 Å². The minimum atomic E-state index is -0.207. The first kappa shape index (κ1) is 15.8. The molecule has 1 heterocycles. The molecular weight excluding hydrogens is 405 g/mol. The minimum Gasteiger partial charge on any atom is -0.373 e. The number of nitrogens with one attached hydrogen (secondary N) is 1. The normalized spacial score (nSPS) is 12.2. The van der Waals surface area contributed by atoms with Gasteiger partial charge in [0.25, 0.3) is 0 Å². The number of hydrogen-bond acceptors (Lipinski definition) is 3. The van der Waals surface area contributed by atoms with Crippen LogP contribution in [0.2, 0.25) is 4.34 Å². The van der Waals surface area contributed by atoms with Gasteiger partial charge in [0.2, 0.25) is 0 Å². The molecule has 0 aliphatic heterocycles. The molecule has 0 aliphatic rings. The van der Waals surface area contributed by atoms with E-state index in [1.54, 1.807) is 0 Å². The van der Waals surface area contributed by atoms with Gasteiger partial charge in [-0.05, 0) is 40.6 Å². The zero-order valence-corrected chi connectivity index (χ0v) is 14.8. The van der Waals surface area contributed by atoms with Crippen LogP contribution in [-0.2, 0) is 11.2 Å². The Balaban J connectivity index is 2.16. The summed E-state index contributed by atoms with van der Waals surface area (Å²) in [6, 6.07) is 11.7. The average Bonchev–Trinajstić information content (AvgIpc) is 2.76. The smallest absolute Gasteiger partial charge is 0.155 e. The quantitative estimate of drug-likeness (QED) is 0.667. The summed E-state index contributed by atoms with van der Waals surface area (Å²) in [5, 5.41) is 3.34. The number of halogens is 2. The van der Waals surface area contributed by atoms with Crippen LogP contribution in [0.15, 0.2) is 36.4 Å². The highest BCUT2D eigenvalue weighted by Gasteiger charge is 2.19. The first-order chi connectivity index (χ1) is 9.60. The Morgan fingerprint density at radius 1 is 1.40 bits per heavy atom. The van der Waals surface area contributed by atoms with Gasteiger partial charge in [-0.1, -0.05) is 48.9 Å². The summed E-state index contributed by atoms with van der Waals surface area (Å²) in [5.41, 5.74) is 2.10. The molecule has 1 aromatic heterocycles. The molecule has 0 saturated heterocycles. The van der Waals surface area contributed by atoms with Crippen LogP contribution in [0.3, 0.4) is 0 Å². The van der Waals surface area contributed by atoms with Crippen molar-refractivity contribution >= 4 is 57.0 Å². The number of hydrogen-bond donors (Lipinski definition) is 1. The third-order valence-corrected chi connectivity index (χ3v) is 5.30. The Labute approximate surface area is 141 Å². The largest absolute Gasteiger partial charge is 0.373 e. The summed E-state index contributed by atoms with van der Waals surface area (Å²) < 4.78 is 1.81. The molecule has 1 atom stereocenters. The summed E-state index contributed by atoms with van der Waals surface area (Å²) in [7, 11) is 0. The predicted octanol–water partition coefficient (Wildman–Crippen LogP) is 5.01. The molecule has 0 aliphatic carbocycles. The molecule has 0 saturated carbocycles. The third-order valence-electron chi connectivity index (χ3n) is 3.01. The van der Waals surface area contributed by atoms with Crippen molar-refractivity contribution in [2.45, 2.75) is 25.8 Å². The second-order valence-corrected chi connectivity index (χ2v) is 7.94. The van der Waals surface area contributed by atoms with Gasteiger partial charge in [0.05, 0.1) is 18.9 Å². The number of thiophene rings is 1. The van der Waals surface area contributed by atoms with Gasteiger partial charge in [-0.3, -0.25) is 4.79 Å². The lowest BCUT2D eigenvalue weighted by Crippen LogP contribution is -2.31. The zero-order valence-electron chi connectivity index (χ0n) is 11.0. The van der Waals surface area contributed by atoms with E-state index in [0.29, 0.717) is 12.8 Å². The van der Waals surface area contributed by atoms with Crippen molar-refractivity contribution in [3.05, 3.63) is 49.2 Å². The van der Waals surface area contributed by atoms with E-state index >= 15 is 0 Å². The Bertz CT molecular complexity index is 585. The van der Waals surface area contributed by atoms with Crippen molar-refractivity contribution in [2.75, 3.05) is 5.32 Å². The molecule has 0 radical (unpaired) electrons. The van der Waals surface area contributed by atoms with E-state index in [-0.39, 0.29) is 11.8 Å². The van der Waals surface area contributed by atoms with Crippen LogP contribution in [0.4, 0.5) is 5.69 Å². The number of anilines is 1. The Kier molecular flexibility index (Phi) is 5.86. The minimum absolute atomic E-state index is 0.207. The van der Waals surface area contributed by atoms with Crippen molar-refractivity contribution in [1.82, 2.24) is 0 Å². The van der Waals surface area contributed by atoms with E-state index in [2.05, 4.69) is 27.9 Å². The molecule has 2 aromatic rings. The maximum Gasteiger partial charge on any atom is 0.155 e. The maximum absolute atomic E-state index is 12.1. The zero-order chi connectivity index (χ0) is 14.5. The van der Waals surface area contributed by atoms with Gasteiger partial charge in [-0.15, -0.1) is 11.3 Å². The molecule has 0 bridgehead atoms. The van der Waals surface area contributed by atoms with E-state index < -0.39 is 0 Å². The van der Waals surface area contributed by atoms with Gasteiger partial charge >= 0.3 is 0 Å². The van der Waals surface area contributed by atoms with Crippen molar-refractivity contribution in [3.63, 3.8) is 0 Å². The fourth-order valence-electron chi connectivity index (χ4n) is 1.97. The second kappa shape index (κ2) is 7.43. The van der Waals surface area contributed by atoms with Crippen LogP contribution >= 0.6 is 45.5 Å². The molecule has 5 heteroatoms. The highest BCUT2D eigenvalue weighted by molar-refractivity contribution is 14.1. The molecule has 1 N–H and O–H groups in total. The van der Waals surface area contributed by atoms with E-state index in [1.807, 2.05) is 43.3 Å². The fraction of sp³-hybridized carbons (Fsp3) is 0.267. The van der Waals surface area contributed by atoms with Gasteiger partial charge < -0.3 is 5.32 Å². The van der Waals surface area contributed by atoms with E-state index in [4.69, 9.17) is 11.6 Å². The summed E-state index contributed by atoms with van der Waals surface area (Å²) in [6.45, 7) is 1.90. The number of benzene rings is 1. The van der Waals surface area contributed by atoms with E-state index in [9.17, 15) is 4.79 Å². The van der Waals surface area contributed by atoms with E-state index in [0.717, 1.165) is 18.5 Å². The molecule has 2 rings (SSSR count). The molecule has 0 spiro atoms. The summed E-state index contributed by atoms with van der Waals surface area (Å²) in [5.74, 6) is 0.215. The highest BCUT2D eigenvalue weighted by Crippen LogP contribution is 2.32. The van der Waals surface area contributed by atoms with Gasteiger partial charge in [0, 0.05) is 6.42 Å². The Morgan fingerprint density at radius 3 is 2.65 bits per heavy atom. The number of ketones is 1. The fourth-order valence-corrected chi connectivity index (χ4v) is 4.30. The number of carbonyl (C=O) groups is 1. The van der Waals surface area contributed by atoms with Gasteiger partial charge in [-0.2, -0.15) is 0 Å². The second-order valence-electron chi connectivity index (χ2n) is 4.44. The van der Waals surface area contributed by atoms with Crippen molar-refractivity contribution in [2.24, 2.45) is 0 Å². The van der Waals surface area contributed by atoms with Crippen LogP contribution in [0, 0.1) is 2.88 Å². The molecule has 1 aromatic carbocycles. The molecule has 2 nitrogen and oxygen atoms in total. The van der Waals surface area contributed by atoms with Crippen LogP contribution in [-0.4, -0.2) is 11.8 Å². The molecule has 20 heavy (non-hydrogen) atoms. The lowest BCUT2D eigenvalue weighted by atomic mass is 10.0. The molecular formula is C15H15ClINOS. The first-order valence-corrected chi connectivity index (χ1v) is 8.65. The van der Waals surface area contributed by atoms with Crippen LogP contribution in [0.5, 0.6) is 0 Å². The van der Waals surface area contributed by atoms with Crippen LogP contribution in [0.1, 0.15) is 18.9 Å².